The number of benzene rings is 3. The van der Waals surface area contributed by atoms with Gasteiger partial charge in [-0.1, -0.05) is 30.3 Å². The summed E-state index contributed by atoms with van der Waals surface area (Å²) in [4.78, 5) is 17.3. The lowest BCUT2D eigenvalue weighted by molar-refractivity contribution is 0.0952. The highest BCUT2D eigenvalue weighted by Gasteiger charge is 2.11. The summed E-state index contributed by atoms with van der Waals surface area (Å²) in [5, 5.41) is 3.05. The second-order valence-corrected chi connectivity index (χ2v) is 8.57. The lowest BCUT2D eigenvalue weighted by atomic mass is 10.1. The molecule has 0 atom stereocenters. The quantitative estimate of drug-likeness (QED) is 0.274. The molecule has 6 heteroatoms. The molecule has 3 aromatic carbocycles. The maximum atomic E-state index is 12.5. The van der Waals surface area contributed by atoms with Gasteiger partial charge in [-0.2, -0.15) is 0 Å². The van der Waals surface area contributed by atoms with Gasteiger partial charge in [-0.3, -0.25) is 4.79 Å². The number of nitrogens with one attached hydrogen (secondary N) is 1. The summed E-state index contributed by atoms with van der Waals surface area (Å²) in [5.74, 6) is 2.72. The Morgan fingerprint density at radius 3 is 2.46 bits per heavy atom. The zero-order chi connectivity index (χ0) is 24.5. The zero-order valence-corrected chi connectivity index (χ0v) is 20.5. The smallest absolute Gasteiger partial charge is 0.251 e. The molecule has 1 heterocycles. The van der Waals surface area contributed by atoms with E-state index in [4.69, 9.17) is 14.5 Å². The van der Waals surface area contributed by atoms with Crippen molar-refractivity contribution in [3.05, 3.63) is 89.7 Å². The minimum absolute atomic E-state index is 0.0199. The predicted octanol–water partition coefficient (Wildman–Crippen LogP) is 5.58. The number of carbonyl (C=O) groups excluding carboxylic acids is 1. The summed E-state index contributed by atoms with van der Waals surface area (Å²) in [6.07, 6.45) is 3.59. The summed E-state index contributed by atoms with van der Waals surface area (Å²) in [5.41, 5.74) is 3.89. The normalized spacial score (nSPS) is 10.9. The van der Waals surface area contributed by atoms with Crippen molar-refractivity contribution in [3.8, 4) is 11.5 Å². The van der Waals surface area contributed by atoms with Gasteiger partial charge in [0.15, 0.2) is 0 Å². The van der Waals surface area contributed by atoms with Gasteiger partial charge in [0.05, 0.1) is 24.8 Å². The molecule has 1 aromatic heterocycles. The lowest BCUT2D eigenvalue weighted by Crippen LogP contribution is -2.25. The number of imidazole rings is 1. The molecule has 0 spiro atoms. The van der Waals surface area contributed by atoms with Crippen molar-refractivity contribution >= 4 is 16.9 Å². The Labute approximate surface area is 206 Å². The topological polar surface area (TPSA) is 65.4 Å². The number of hydrogen-bond acceptors (Lipinski definition) is 4. The second kappa shape index (κ2) is 12.1. The molecular weight excluding hydrogens is 438 g/mol. The van der Waals surface area contributed by atoms with Crippen LogP contribution < -0.4 is 14.8 Å². The van der Waals surface area contributed by atoms with E-state index in [-0.39, 0.29) is 5.91 Å². The Bertz CT molecular complexity index is 1250. The van der Waals surface area contributed by atoms with Gasteiger partial charge in [-0.05, 0) is 74.2 Å². The fourth-order valence-electron chi connectivity index (χ4n) is 4.17. The monoisotopic (exact) mass is 471 g/mol. The highest BCUT2D eigenvalue weighted by atomic mass is 16.5. The maximum Gasteiger partial charge on any atom is 0.251 e. The van der Waals surface area contributed by atoms with Crippen molar-refractivity contribution < 1.29 is 14.3 Å². The molecule has 0 unspecified atom stereocenters. The Morgan fingerprint density at radius 2 is 1.66 bits per heavy atom. The molecule has 0 saturated carbocycles. The number of nitrogens with zero attached hydrogens (tertiary/aromatic N) is 2. The van der Waals surface area contributed by atoms with E-state index in [9.17, 15) is 4.79 Å². The maximum absolute atomic E-state index is 12.5. The molecule has 0 radical (unpaired) electrons. The van der Waals surface area contributed by atoms with Gasteiger partial charge in [-0.25, -0.2) is 4.98 Å². The molecule has 182 valence electrons. The summed E-state index contributed by atoms with van der Waals surface area (Å²) >= 11 is 0. The molecule has 6 nitrogen and oxygen atoms in total. The van der Waals surface area contributed by atoms with E-state index in [1.807, 2.05) is 61.5 Å². The van der Waals surface area contributed by atoms with Crippen LogP contribution in [-0.4, -0.2) is 35.7 Å². The Hall–Kier alpha value is -3.80. The number of aryl methyl sites for hydroxylation is 3. The van der Waals surface area contributed by atoms with Gasteiger partial charge in [0.1, 0.15) is 17.3 Å². The number of para-hydroxylation sites is 2. The van der Waals surface area contributed by atoms with E-state index >= 15 is 0 Å². The fraction of sp³-hybridized carbons (Fsp3) is 0.310. The van der Waals surface area contributed by atoms with Crippen LogP contribution in [0.3, 0.4) is 0 Å². The van der Waals surface area contributed by atoms with Crippen LogP contribution in [0.15, 0.2) is 72.8 Å². The van der Waals surface area contributed by atoms with E-state index in [1.165, 1.54) is 0 Å². The number of aromatic nitrogens is 2. The van der Waals surface area contributed by atoms with Crippen molar-refractivity contribution in [1.29, 1.82) is 0 Å². The third-order valence-corrected chi connectivity index (χ3v) is 6.09. The highest BCUT2D eigenvalue weighted by molar-refractivity contribution is 5.95. The SMILES string of the molecule is COc1ccc(OCCCCn2c(CCCNC(=O)c3ccccc3C)nc3ccccc32)cc1. The molecule has 4 rings (SSSR count). The van der Waals surface area contributed by atoms with E-state index in [1.54, 1.807) is 7.11 Å². The Balaban J connectivity index is 1.28. The third-order valence-electron chi connectivity index (χ3n) is 6.09. The third kappa shape index (κ3) is 6.41. The first-order valence-electron chi connectivity index (χ1n) is 12.2. The number of ether oxygens (including phenoxy) is 2. The number of hydrogen-bond donors (Lipinski definition) is 1. The molecule has 35 heavy (non-hydrogen) atoms. The van der Waals surface area contributed by atoms with Gasteiger partial charge < -0.3 is 19.4 Å². The summed E-state index contributed by atoms with van der Waals surface area (Å²) in [7, 11) is 1.66. The standard InChI is InChI=1S/C29H33N3O3/c1-22-10-3-4-11-25(22)29(33)30-19-9-14-28-31-26-12-5-6-13-27(26)32(28)20-7-8-21-35-24-17-15-23(34-2)16-18-24/h3-6,10-13,15-18H,7-9,14,19-21H2,1-2H3,(H,30,33). The molecule has 0 bridgehead atoms. The van der Waals surface area contributed by atoms with E-state index in [0.29, 0.717) is 13.2 Å². The van der Waals surface area contributed by atoms with Crippen LogP contribution >= 0.6 is 0 Å². The van der Waals surface area contributed by atoms with Crippen molar-refractivity contribution in [2.45, 2.75) is 39.2 Å². The van der Waals surface area contributed by atoms with Crippen LogP contribution in [0.2, 0.25) is 0 Å². The number of rotatable bonds is 12. The van der Waals surface area contributed by atoms with Crippen LogP contribution in [0.4, 0.5) is 0 Å². The van der Waals surface area contributed by atoms with Crippen molar-refractivity contribution in [2.75, 3.05) is 20.3 Å². The van der Waals surface area contributed by atoms with Crippen molar-refractivity contribution in [3.63, 3.8) is 0 Å². The molecule has 0 aliphatic heterocycles. The number of carbonyl (C=O) groups is 1. The van der Waals surface area contributed by atoms with E-state index < -0.39 is 0 Å². The molecule has 0 aliphatic rings. The second-order valence-electron chi connectivity index (χ2n) is 8.57. The average Bonchev–Trinajstić information content (AvgIpc) is 3.24. The number of fused-ring (bicyclic) bond motifs is 1. The van der Waals surface area contributed by atoms with E-state index in [2.05, 4.69) is 28.1 Å². The molecule has 1 N–H and O–H groups in total. The number of amides is 1. The first kappa shape index (κ1) is 24.3. The van der Waals surface area contributed by atoms with Gasteiger partial charge in [0.25, 0.3) is 5.91 Å². The van der Waals surface area contributed by atoms with Crippen LogP contribution in [0, 0.1) is 6.92 Å². The fourth-order valence-corrected chi connectivity index (χ4v) is 4.17. The molecule has 1 amide bonds. The first-order chi connectivity index (χ1) is 17.2. The highest BCUT2D eigenvalue weighted by Crippen LogP contribution is 2.19. The molecular formula is C29H33N3O3. The minimum Gasteiger partial charge on any atom is -0.497 e. The molecule has 0 fully saturated rings. The summed E-state index contributed by atoms with van der Waals surface area (Å²) in [6.45, 7) is 4.13. The molecule has 4 aromatic rings. The van der Waals surface area contributed by atoms with E-state index in [0.717, 1.165) is 71.7 Å². The van der Waals surface area contributed by atoms with Crippen LogP contribution in [0.25, 0.3) is 11.0 Å². The van der Waals surface area contributed by atoms with Crippen LogP contribution in [0.1, 0.15) is 41.0 Å². The molecule has 0 aliphatic carbocycles. The summed E-state index contributed by atoms with van der Waals surface area (Å²) < 4.78 is 13.4. The van der Waals surface area contributed by atoms with Gasteiger partial charge in [-0.15, -0.1) is 0 Å². The first-order valence-corrected chi connectivity index (χ1v) is 12.2. The van der Waals surface area contributed by atoms with Gasteiger partial charge in [0.2, 0.25) is 0 Å². The number of methoxy groups -OCH3 is 1. The Kier molecular flexibility index (Phi) is 8.39. The predicted molar refractivity (Wildman–Crippen MR) is 139 cm³/mol. The van der Waals surface area contributed by atoms with Crippen LogP contribution in [0.5, 0.6) is 11.5 Å². The summed E-state index contributed by atoms with van der Waals surface area (Å²) in [6, 6.07) is 23.6. The lowest BCUT2D eigenvalue weighted by Gasteiger charge is -2.11. The molecule has 0 saturated heterocycles. The number of unbranched alkanes of at least 4 members (excludes halogenated alkanes) is 1. The van der Waals surface area contributed by atoms with Gasteiger partial charge in [0, 0.05) is 25.1 Å². The van der Waals surface area contributed by atoms with Crippen LogP contribution in [-0.2, 0) is 13.0 Å². The van der Waals surface area contributed by atoms with Crippen molar-refractivity contribution in [2.24, 2.45) is 0 Å². The average molecular weight is 472 g/mol. The zero-order valence-electron chi connectivity index (χ0n) is 20.5. The minimum atomic E-state index is -0.0199. The van der Waals surface area contributed by atoms with Crippen molar-refractivity contribution in [1.82, 2.24) is 14.9 Å². The largest absolute Gasteiger partial charge is 0.497 e. The van der Waals surface area contributed by atoms with Gasteiger partial charge >= 0.3 is 0 Å². The Morgan fingerprint density at radius 1 is 0.914 bits per heavy atom.